The number of rotatable bonds is 3. The van der Waals surface area contributed by atoms with Gasteiger partial charge in [-0.25, -0.2) is 8.78 Å². The number of nitrogens with zero attached hydrogens (tertiary/aromatic N) is 1. The van der Waals surface area contributed by atoms with Gasteiger partial charge in [0, 0.05) is 25.0 Å². The molecule has 1 saturated carbocycles. The maximum absolute atomic E-state index is 13.8. The van der Waals surface area contributed by atoms with E-state index in [1.165, 1.54) is 6.07 Å². The van der Waals surface area contributed by atoms with Crippen LogP contribution in [-0.4, -0.2) is 29.9 Å². The van der Waals surface area contributed by atoms with Gasteiger partial charge in [-0.3, -0.25) is 4.79 Å². The largest absolute Gasteiger partial charge is 0.342 e. The van der Waals surface area contributed by atoms with E-state index in [-0.39, 0.29) is 23.8 Å². The second-order valence-electron chi connectivity index (χ2n) is 6.64. The number of carbonyl (C=O) groups excluding carboxylic acids is 1. The Labute approximate surface area is 129 Å². The highest BCUT2D eigenvalue weighted by Gasteiger charge is 2.47. The van der Waals surface area contributed by atoms with Crippen molar-refractivity contribution in [2.75, 3.05) is 13.1 Å². The molecule has 1 amide bonds. The Balaban J connectivity index is 1.66. The molecule has 5 heteroatoms. The lowest BCUT2D eigenvalue weighted by molar-refractivity contribution is -0.134. The van der Waals surface area contributed by atoms with Crippen molar-refractivity contribution in [3.63, 3.8) is 0 Å². The minimum absolute atomic E-state index is 0.0685. The van der Waals surface area contributed by atoms with Crippen LogP contribution in [0.25, 0.3) is 0 Å². The molecule has 3 rings (SSSR count). The molecule has 2 aliphatic rings. The van der Waals surface area contributed by atoms with E-state index in [0.717, 1.165) is 25.5 Å². The van der Waals surface area contributed by atoms with Gasteiger partial charge in [-0.2, -0.15) is 0 Å². The van der Waals surface area contributed by atoms with Crippen molar-refractivity contribution in [3.05, 3.63) is 35.4 Å². The number of carbonyl (C=O) groups is 1. The minimum atomic E-state index is -0.842. The third-order valence-electron chi connectivity index (χ3n) is 5.00. The van der Waals surface area contributed by atoms with Crippen LogP contribution in [0.1, 0.15) is 37.7 Å². The summed E-state index contributed by atoms with van der Waals surface area (Å²) in [6, 6.07) is 4.26. The van der Waals surface area contributed by atoms with Gasteiger partial charge in [-0.05, 0) is 49.7 Å². The van der Waals surface area contributed by atoms with Crippen molar-refractivity contribution < 1.29 is 13.6 Å². The van der Waals surface area contributed by atoms with Crippen LogP contribution >= 0.6 is 0 Å². The molecule has 1 aliphatic heterocycles. The molecule has 1 saturated heterocycles. The number of halogens is 2. The predicted molar refractivity (Wildman–Crippen MR) is 80.2 cm³/mol. The molecule has 0 unspecified atom stereocenters. The Kier molecular flexibility index (Phi) is 4.17. The first kappa shape index (κ1) is 15.4. The Bertz CT molecular complexity index is 576. The van der Waals surface area contributed by atoms with Crippen LogP contribution in [0, 0.1) is 23.5 Å². The van der Waals surface area contributed by atoms with Crippen molar-refractivity contribution in [2.45, 2.75) is 38.1 Å². The summed E-state index contributed by atoms with van der Waals surface area (Å²) < 4.78 is 27.1. The first-order valence-electron chi connectivity index (χ1n) is 7.97. The lowest BCUT2D eigenvalue weighted by Crippen LogP contribution is -2.45. The average Bonchev–Trinajstić information content (AvgIpc) is 3.29. The summed E-state index contributed by atoms with van der Waals surface area (Å²) in [7, 11) is 0. The summed E-state index contributed by atoms with van der Waals surface area (Å²) >= 11 is 0. The quantitative estimate of drug-likeness (QED) is 0.933. The molecular weight excluding hydrogens is 286 g/mol. The Hall–Kier alpha value is -1.49. The summed E-state index contributed by atoms with van der Waals surface area (Å²) in [4.78, 5) is 14.4. The highest BCUT2D eigenvalue weighted by molar-refractivity contribution is 5.83. The smallest absolute Gasteiger partial charge is 0.226 e. The lowest BCUT2D eigenvalue weighted by Gasteiger charge is -2.34. The zero-order valence-electron chi connectivity index (χ0n) is 12.8. The van der Waals surface area contributed by atoms with Gasteiger partial charge < -0.3 is 10.6 Å². The molecule has 1 aromatic carbocycles. The summed E-state index contributed by atoms with van der Waals surface area (Å²) in [5.41, 5.74) is 6.28. The first-order valence-corrected chi connectivity index (χ1v) is 7.97. The topological polar surface area (TPSA) is 46.3 Å². The maximum Gasteiger partial charge on any atom is 0.226 e. The van der Waals surface area contributed by atoms with Crippen LogP contribution < -0.4 is 5.73 Å². The van der Waals surface area contributed by atoms with E-state index in [1.54, 1.807) is 6.07 Å². The average molecular weight is 308 g/mol. The molecule has 3 nitrogen and oxygen atoms in total. The van der Waals surface area contributed by atoms with Gasteiger partial charge in [0.2, 0.25) is 5.91 Å². The molecule has 0 spiro atoms. The van der Waals surface area contributed by atoms with Crippen LogP contribution in [0.5, 0.6) is 0 Å². The van der Waals surface area contributed by atoms with Gasteiger partial charge in [0.25, 0.3) is 0 Å². The standard InChI is InChI=1S/C17H22F2N2O/c1-10(20)11-4-3-7-21(9-11)17(22)14-8-13(14)12-5-2-6-15(18)16(12)19/h2,5-6,10-11,13-14H,3-4,7-9,20H2,1H3/t10-,11+,13+,14+/m0/s1. The molecule has 1 heterocycles. The van der Waals surface area contributed by atoms with E-state index in [4.69, 9.17) is 5.73 Å². The van der Waals surface area contributed by atoms with Gasteiger partial charge in [0.05, 0.1) is 0 Å². The zero-order valence-corrected chi connectivity index (χ0v) is 12.8. The number of likely N-dealkylation sites (tertiary alicyclic amines) is 1. The van der Waals surface area contributed by atoms with Crippen molar-refractivity contribution in [1.82, 2.24) is 4.90 Å². The third-order valence-corrected chi connectivity index (χ3v) is 5.00. The number of benzene rings is 1. The van der Waals surface area contributed by atoms with Gasteiger partial charge in [-0.1, -0.05) is 12.1 Å². The van der Waals surface area contributed by atoms with E-state index in [0.29, 0.717) is 24.4 Å². The fraction of sp³-hybridized carbons (Fsp3) is 0.588. The van der Waals surface area contributed by atoms with E-state index in [9.17, 15) is 13.6 Å². The second-order valence-corrected chi connectivity index (χ2v) is 6.64. The van der Waals surface area contributed by atoms with Crippen molar-refractivity contribution in [3.8, 4) is 0 Å². The molecule has 2 N–H and O–H groups in total. The number of amides is 1. The summed E-state index contributed by atoms with van der Waals surface area (Å²) in [5.74, 6) is -1.64. The van der Waals surface area contributed by atoms with Crippen LogP contribution in [0.4, 0.5) is 8.78 Å². The molecule has 1 aliphatic carbocycles. The van der Waals surface area contributed by atoms with E-state index >= 15 is 0 Å². The fourth-order valence-electron chi connectivity index (χ4n) is 3.49. The predicted octanol–water partition coefficient (Wildman–Crippen LogP) is 2.65. The number of piperidine rings is 1. The monoisotopic (exact) mass is 308 g/mol. The lowest BCUT2D eigenvalue weighted by atomic mass is 9.92. The minimum Gasteiger partial charge on any atom is -0.342 e. The summed E-state index contributed by atoms with van der Waals surface area (Å²) in [6.45, 7) is 3.41. The van der Waals surface area contributed by atoms with E-state index < -0.39 is 11.6 Å². The van der Waals surface area contributed by atoms with E-state index in [2.05, 4.69) is 0 Å². The molecule has 0 aromatic heterocycles. The van der Waals surface area contributed by atoms with Crippen LogP contribution in [0.15, 0.2) is 18.2 Å². The second kappa shape index (κ2) is 5.95. The van der Waals surface area contributed by atoms with Crippen LogP contribution in [0.3, 0.4) is 0 Å². The van der Waals surface area contributed by atoms with Crippen molar-refractivity contribution in [2.24, 2.45) is 17.6 Å². The number of hydrogen-bond acceptors (Lipinski definition) is 2. The SMILES string of the molecule is C[C@H](N)[C@@H]1CCCN(C(=O)[C@@H]2C[C@@H]2c2cccc(F)c2F)C1. The normalized spacial score (nSPS) is 29.3. The molecule has 0 bridgehead atoms. The molecule has 0 radical (unpaired) electrons. The molecular formula is C17H22F2N2O. The van der Waals surface area contributed by atoms with Crippen molar-refractivity contribution >= 4 is 5.91 Å². The Morgan fingerprint density at radius 2 is 2.18 bits per heavy atom. The highest BCUT2D eigenvalue weighted by atomic mass is 19.2. The van der Waals surface area contributed by atoms with Gasteiger partial charge in [0.1, 0.15) is 0 Å². The van der Waals surface area contributed by atoms with Crippen LogP contribution in [-0.2, 0) is 4.79 Å². The number of nitrogens with two attached hydrogens (primary N) is 1. The van der Waals surface area contributed by atoms with Crippen LogP contribution in [0.2, 0.25) is 0 Å². The first-order chi connectivity index (χ1) is 10.5. The van der Waals surface area contributed by atoms with E-state index in [1.807, 2.05) is 11.8 Å². The Morgan fingerprint density at radius 1 is 1.41 bits per heavy atom. The maximum atomic E-state index is 13.8. The molecule has 4 atom stereocenters. The fourth-order valence-corrected chi connectivity index (χ4v) is 3.49. The zero-order chi connectivity index (χ0) is 15.9. The Morgan fingerprint density at radius 3 is 2.91 bits per heavy atom. The van der Waals surface area contributed by atoms with Gasteiger partial charge in [0.15, 0.2) is 11.6 Å². The van der Waals surface area contributed by atoms with Crippen molar-refractivity contribution in [1.29, 1.82) is 0 Å². The number of hydrogen-bond donors (Lipinski definition) is 1. The summed E-state index contributed by atoms with van der Waals surface area (Å²) in [6.07, 6.45) is 2.62. The highest BCUT2D eigenvalue weighted by Crippen LogP contribution is 2.49. The molecule has 120 valence electrons. The third kappa shape index (κ3) is 2.86. The molecule has 22 heavy (non-hydrogen) atoms. The molecule has 1 aromatic rings. The van der Waals surface area contributed by atoms with Gasteiger partial charge in [-0.15, -0.1) is 0 Å². The summed E-state index contributed by atoms with van der Waals surface area (Å²) in [5, 5.41) is 0. The molecule has 2 fully saturated rings. The van der Waals surface area contributed by atoms with Gasteiger partial charge >= 0.3 is 0 Å².